The number of amides is 1. The van der Waals surface area contributed by atoms with Gasteiger partial charge in [0.25, 0.3) is 0 Å². The molecule has 1 aromatic carbocycles. The molecule has 0 radical (unpaired) electrons. The van der Waals surface area contributed by atoms with E-state index in [9.17, 15) is 4.79 Å². The summed E-state index contributed by atoms with van der Waals surface area (Å²) in [5, 5.41) is 1.15. The molecule has 2 nitrogen and oxygen atoms in total. The fourth-order valence-corrected chi connectivity index (χ4v) is 5.35. The van der Waals surface area contributed by atoms with Crippen LogP contribution in [0.1, 0.15) is 27.2 Å². The number of carbonyl (C=O) groups is 1. The van der Waals surface area contributed by atoms with Crippen molar-refractivity contribution in [2.75, 3.05) is 13.1 Å². The number of benzene rings is 1. The molecule has 1 heterocycles. The van der Waals surface area contributed by atoms with Gasteiger partial charge in [-0.15, -0.1) is 0 Å². The molecule has 0 unspecified atom stereocenters. The van der Waals surface area contributed by atoms with Crippen LogP contribution >= 0.6 is 0 Å². The van der Waals surface area contributed by atoms with Crippen LogP contribution in [0.15, 0.2) is 43.0 Å². The van der Waals surface area contributed by atoms with E-state index < -0.39 is 0 Å². The van der Waals surface area contributed by atoms with Crippen LogP contribution < -0.4 is 4.46 Å². The third-order valence-corrected chi connectivity index (χ3v) is 6.56. The Morgan fingerprint density at radius 2 is 2.00 bits per heavy atom. The van der Waals surface area contributed by atoms with Crippen molar-refractivity contribution in [2.45, 2.75) is 32.5 Å². The predicted molar refractivity (Wildman–Crippen MR) is 94.5 cm³/mol. The Morgan fingerprint density at radius 1 is 1.32 bits per heavy atom. The van der Waals surface area contributed by atoms with Gasteiger partial charge < -0.3 is 0 Å². The predicted octanol–water partition coefficient (Wildman–Crippen LogP) is 3.13. The monoisotopic (exact) mass is 365 g/mol. The summed E-state index contributed by atoms with van der Waals surface area (Å²) in [4.78, 5) is 14.7. The molecule has 1 aliphatic rings. The van der Waals surface area contributed by atoms with Gasteiger partial charge in [0.1, 0.15) is 0 Å². The fourth-order valence-electron chi connectivity index (χ4n) is 3.06. The molecule has 1 saturated heterocycles. The Morgan fingerprint density at radius 3 is 2.59 bits per heavy atom. The normalized spacial score (nSPS) is 22.1. The van der Waals surface area contributed by atoms with Crippen molar-refractivity contribution in [1.29, 1.82) is 0 Å². The molecule has 1 fully saturated rings. The van der Waals surface area contributed by atoms with Gasteiger partial charge in [-0.25, -0.2) is 0 Å². The number of carbonyl (C=O) groups excluding carboxylic acids is 1. The van der Waals surface area contributed by atoms with Gasteiger partial charge in [-0.05, 0) is 0 Å². The maximum atomic E-state index is 12.7. The molecule has 2 atom stereocenters. The Labute approximate surface area is 141 Å². The molecule has 1 amide bonds. The zero-order valence-electron chi connectivity index (χ0n) is 13.9. The summed E-state index contributed by atoms with van der Waals surface area (Å²) in [7, 11) is 0. The summed E-state index contributed by atoms with van der Waals surface area (Å²) in [5.41, 5.74) is 0.197. The van der Waals surface area contributed by atoms with Gasteiger partial charge in [-0.3, -0.25) is 0 Å². The molecule has 0 bridgehead atoms. The first-order valence-electron chi connectivity index (χ1n) is 7.98. The molecule has 3 heteroatoms. The van der Waals surface area contributed by atoms with E-state index in [0.29, 0.717) is 33.3 Å². The van der Waals surface area contributed by atoms with Gasteiger partial charge in [0.05, 0.1) is 0 Å². The van der Waals surface area contributed by atoms with Crippen LogP contribution in [0, 0.1) is 17.3 Å². The second kappa shape index (κ2) is 7.48. The zero-order chi connectivity index (χ0) is 16.2. The summed E-state index contributed by atoms with van der Waals surface area (Å²) in [6.07, 6.45) is 2.83. The molecule has 1 aliphatic heterocycles. The fraction of sp³-hybridized carbons (Fsp3) is 0.526. The van der Waals surface area contributed by atoms with Crippen molar-refractivity contribution in [3.63, 3.8) is 0 Å². The van der Waals surface area contributed by atoms with Crippen molar-refractivity contribution in [2.24, 2.45) is 17.3 Å². The summed E-state index contributed by atoms with van der Waals surface area (Å²) >= 11 is 0.451. The molecular formula is C19H27NOSe. The average Bonchev–Trinajstić information content (AvgIpc) is 2.74. The van der Waals surface area contributed by atoms with E-state index in [1.165, 1.54) is 4.46 Å². The van der Waals surface area contributed by atoms with Crippen LogP contribution in [0.2, 0.25) is 5.32 Å². The molecule has 120 valence electrons. The van der Waals surface area contributed by atoms with Crippen molar-refractivity contribution >= 4 is 25.3 Å². The van der Waals surface area contributed by atoms with E-state index in [0.717, 1.165) is 18.3 Å². The van der Waals surface area contributed by atoms with Crippen molar-refractivity contribution < 1.29 is 4.79 Å². The summed E-state index contributed by atoms with van der Waals surface area (Å²) in [5.74, 6) is 1.01. The Bertz CT molecular complexity index is 506. The number of hydrogen-bond acceptors (Lipinski definition) is 1. The Kier molecular flexibility index (Phi) is 5.88. The van der Waals surface area contributed by atoms with E-state index in [2.05, 4.69) is 57.7 Å². The van der Waals surface area contributed by atoms with Gasteiger partial charge in [0.15, 0.2) is 0 Å². The number of nitrogens with zero attached hydrogens (tertiary/aromatic N) is 1. The summed E-state index contributed by atoms with van der Waals surface area (Å²) in [6, 6.07) is 10.7. The molecule has 0 aromatic heterocycles. The maximum absolute atomic E-state index is 12.7. The summed E-state index contributed by atoms with van der Waals surface area (Å²) < 4.78 is 1.43. The van der Waals surface area contributed by atoms with Crippen LogP contribution in [0.5, 0.6) is 0 Å². The molecule has 2 rings (SSSR count). The van der Waals surface area contributed by atoms with E-state index in [-0.39, 0.29) is 11.3 Å². The van der Waals surface area contributed by atoms with Crippen LogP contribution in [-0.2, 0) is 4.79 Å². The molecular weight excluding hydrogens is 337 g/mol. The number of rotatable bonds is 6. The number of hydrogen-bond donors (Lipinski definition) is 0. The van der Waals surface area contributed by atoms with Crippen LogP contribution in [-0.4, -0.2) is 38.9 Å². The van der Waals surface area contributed by atoms with E-state index in [1.807, 2.05) is 11.0 Å². The van der Waals surface area contributed by atoms with Crippen LogP contribution in [0.3, 0.4) is 0 Å². The van der Waals surface area contributed by atoms with Gasteiger partial charge in [-0.1, -0.05) is 0 Å². The standard InChI is InChI=1S/C19H27NOSe/c1-5-11-20-13-15(14-22-16-9-7-6-8-10-16)17(18(20)21)12-19(2,3)4/h5-10,15,17H,1,11-14H2,2-4H3/t15-,17-/m0/s1. The Balaban J connectivity index is 2.05. The zero-order valence-corrected chi connectivity index (χ0v) is 15.6. The first-order valence-corrected chi connectivity index (χ1v) is 10.0. The number of likely N-dealkylation sites (tertiary alicyclic amines) is 1. The van der Waals surface area contributed by atoms with Crippen molar-refractivity contribution in [3.05, 3.63) is 43.0 Å². The third-order valence-electron chi connectivity index (χ3n) is 4.04. The van der Waals surface area contributed by atoms with Crippen LogP contribution in [0.4, 0.5) is 0 Å². The minimum absolute atomic E-state index is 0.186. The third kappa shape index (κ3) is 4.72. The molecule has 22 heavy (non-hydrogen) atoms. The van der Waals surface area contributed by atoms with Gasteiger partial charge >= 0.3 is 141 Å². The van der Waals surface area contributed by atoms with E-state index in [4.69, 9.17) is 0 Å². The molecule has 0 spiro atoms. The first-order chi connectivity index (χ1) is 10.4. The van der Waals surface area contributed by atoms with Gasteiger partial charge in [0.2, 0.25) is 0 Å². The second-order valence-electron chi connectivity index (χ2n) is 7.29. The quantitative estimate of drug-likeness (QED) is 0.561. The van der Waals surface area contributed by atoms with Gasteiger partial charge in [-0.2, -0.15) is 0 Å². The van der Waals surface area contributed by atoms with Gasteiger partial charge in [0, 0.05) is 0 Å². The molecule has 0 N–H and O–H groups in total. The van der Waals surface area contributed by atoms with Crippen molar-refractivity contribution in [3.8, 4) is 0 Å². The topological polar surface area (TPSA) is 20.3 Å². The average molecular weight is 364 g/mol. The van der Waals surface area contributed by atoms with E-state index in [1.54, 1.807) is 0 Å². The molecule has 1 aromatic rings. The minimum atomic E-state index is 0.186. The Hall–Kier alpha value is -1.05. The second-order valence-corrected chi connectivity index (χ2v) is 9.58. The van der Waals surface area contributed by atoms with Crippen molar-refractivity contribution in [1.82, 2.24) is 4.90 Å². The molecule has 0 saturated carbocycles. The first kappa shape index (κ1) is 17.3. The van der Waals surface area contributed by atoms with E-state index >= 15 is 0 Å². The summed E-state index contributed by atoms with van der Waals surface area (Å²) in [6.45, 7) is 12.1. The molecule has 0 aliphatic carbocycles. The van der Waals surface area contributed by atoms with Crippen LogP contribution in [0.25, 0.3) is 0 Å². The SMILES string of the molecule is C=CCN1C[C@@H](C[Se]c2ccccc2)[C@H](CC(C)(C)C)C1=O.